The van der Waals surface area contributed by atoms with Crippen LogP contribution < -0.4 is 61.2 Å². The van der Waals surface area contributed by atoms with Gasteiger partial charge in [0.05, 0.1) is 12.6 Å². The number of carboxylic acids is 1. The van der Waals surface area contributed by atoms with Crippen LogP contribution in [0.2, 0.25) is 0 Å². The van der Waals surface area contributed by atoms with Gasteiger partial charge in [-0.25, -0.2) is 0 Å². The summed E-state index contributed by atoms with van der Waals surface area (Å²) in [7, 11) is 0. The van der Waals surface area contributed by atoms with Gasteiger partial charge in [-0.1, -0.05) is 18.2 Å². The van der Waals surface area contributed by atoms with Gasteiger partial charge in [-0.05, 0) is 23.8 Å². The van der Waals surface area contributed by atoms with Crippen LogP contribution in [-0.2, 0) is 9.53 Å². The summed E-state index contributed by atoms with van der Waals surface area (Å²) < 4.78 is 10.6. The van der Waals surface area contributed by atoms with Gasteiger partial charge in [0.25, 0.3) is 0 Å². The second kappa shape index (κ2) is 9.97. The number of carboxylic acid groups (broad SMARTS) is 1. The maximum Gasteiger partial charge on any atom is 1.00 e. The number of carbonyl (C=O) groups excluding carboxylic acids is 1. The molecule has 0 spiro atoms. The molecule has 1 aromatic rings. The van der Waals surface area contributed by atoms with E-state index in [-0.39, 0.29) is 51.4 Å². The summed E-state index contributed by atoms with van der Waals surface area (Å²) in [6, 6.07) is 6.16. The molecule has 1 aliphatic heterocycles. The van der Waals surface area contributed by atoms with Gasteiger partial charge in [0, 0.05) is 0 Å². The molecular formula is C15H17KO8. The van der Waals surface area contributed by atoms with Crippen LogP contribution in [0.5, 0.6) is 5.75 Å². The molecule has 0 aliphatic carbocycles. The molecule has 1 aliphatic rings. The normalized spacial score (nSPS) is 29.9. The van der Waals surface area contributed by atoms with E-state index in [9.17, 15) is 25.2 Å². The number of carbonyl (C=O) groups is 1. The standard InChI is InChI=1S/C15H18O8.K/c16-7-10-12(19)13(20)14(21)15(23-10)22-9-4-1-8(2-5-9)3-6-11(17)18;/h1-6,10,12-16,19-21H,7H2,(H,17,18);/q;+1/p-1/b6-3+;/t10-,12-,13+,14-,15-;/m1./s1. The van der Waals surface area contributed by atoms with Crippen LogP contribution >= 0.6 is 0 Å². The van der Waals surface area contributed by atoms with Gasteiger partial charge in [-0.15, -0.1) is 0 Å². The van der Waals surface area contributed by atoms with Crippen molar-refractivity contribution in [3.05, 3.63) is 35.9 Å². The fourth-order valence-electron chi connectivity index (χ4n) is 2.12. The first-order valence-corrected chi connectivity index (χ1v) is 6.88. The van der Waals surface area contributed by atoms with E-state index in [4.69, 9.17) is 14.6 Å². The molecule has 24 heavy (non-hydrogen) atoms. The van der Waals surface area contributed by atoms with Gasteiger partial charge in [0.15, 0.2) is 0 Å². The molecule has 0 saturated carbocycles. The number of rotatable bonds is 5. The Morgan fingerprint density at radius 2 is 1.79 bits per heavy atom. The number of hydrogen-bond donors (Lipinski definition) is 4. The minimum atomic E-state index is -1.52. The Bertz CT molecular complexity index is 559. The van der Waals surface area contributed by atoms with E-state index in [0.717, 1.165) is 6.08 Å². The average Bonchev–Trinajstić information content (AvgIpc) is 2.54. The van der Waals surface area contributed by atoms with Crippen molar-refractivity contribution in [2.75, 3.05) is 6.61 Å². The van der Waals surface area contributed by atoms with Crippen molar-refractivity contribution in [2.24, 2.45) is 0 Å². The molecule has 0 amide bonds. The Kier molecular flexibility index (Phi) is 9.02. The number of benzene rings is 1. The summed E-state index contributed by atoms with van der Waals surface area (Å²) in [4.78, 5) is 10.3. The van der Waals surface area contributed by atoms with Gasteiger partial charge in [-0.2, -0.15) is 0 Å². The SMILES string of the molecule is O=C([O-])/C=C/c1ccc(O[C@@H]2O[C@H](CO)[C@@H](O)[C@H](O)[C@H]2O)cc1.[K+]. The third-order valence-electron chi connectivity index (χ3n) is 3.39. The second-order valence-corrected chi connectivity index (χ2v) is 5.04. The van der Waals surface area contributed by atoms with E-state index in [0.29, 0.717) is 11.3 Å². The molecule has 0 bridgehead atoms. The Morgan fingerprint density at radius 3 is 2.33 bits per heavy atom. The third-order valence-corrected chi connectivity index (χ3v) is 3.39. The molecule has 1 saturated heterocycles. The third kappa shape index (κ3) is 5.60. The van der Waals surface area contributed by atoms with Crippen LogP contribution in [0.4, 0.5) is 0 Å². The molecule has 126 valence electrons. The maximum absolute atomic E-state index is 10.3. The van der Waals surface area contributed by atoms with E-state index >= 15 is 0 Å². The Morgan fingerprint density at radius 1 is 1.17 bits per heavy atom. The van der Waals surface area contributed by atoms with Crippen molar-refractivity contribution < 1.29 is 91.2 Å². The topological polar surface area (TPSA) is 140 Å². The van der Waals surface area contributed by atoms with Crippen molar-refractivity contribution in [3.8, 4) is 5.75 Å². The summed E-state index contributed by atoms with van der Waals surface area (Å²) in [5.41, 5.74) is 0.593. The van der Waals surface area contributed by atoms with Crippen molar-refractivity contribution in [3.63, 3.8) is 0 Å². The molecule has 2 rings (SSSR count). The minimum absolute atomic E-state index is 0. The summed E-state index contributed by atoms with van der Waals surface area (Å²) in [5, 5.41) is 48.6. The number of ether oxygens (including phenoxy) is 2. The van der Waals surface area contributed by atoms with E-state index in [1.54, 1.807) is 12.1 Å². The molecule has 0 radical (unpaired) electrons. The Hall–Kier alpha value is -0.334. The van der Waals surface area contributed by atoms with Crippen molar-refractivity contribution >= 4 is 12.0 Å². The van der Waals surface area contributed by atoms with Gasteiger partial charge in [-0.3, -0.25) is 0 Å². The number of aliphatic hydroxyl groups excluding tert-OH is 4. The smallest absolute Gasteiger partial charge is 0.545 e. The molecule has 1 heterocycles. The van der Waals surface area contributed by atoms with Crippen LogP contribution in [0.25, 0.3) is 6.08 Å². The molecule has 8 nitrogen and oxygen atoms in total. The van der Waals surface area contributed by atoms with Crippen molar-refractivity contribution in [2.45, 2.75) is 30.7 Å². The van der Waals surface area contributed by atoms with Gasteiger partial charge in [0.1, 0.15) is 30.2 Å². The van der Waals surface area contributed by atoms with E-state index < -0.39 is 43.3 Å². The molecule has 9 heteroatoms. The zero-order valence-electron chi connectivity index (χ0n) is 13.0. The number of aliphatic hydroxyl groups is 4. The Labute approximate surface area is 180 Å². The van der Waals surface area contributed by atoms with Crippen LogP contribution in [0.3, 0.4) is 0 Å². The van der Waals surface area contributed by atoms with E-state index in [1.807, 2.05) is 0 Å². The predicted octanol–water partition coefficient (Wildman–Crippen LogP) is -5.37. The summed E-state index contributed by atoms with van der Waals surface area (Å²) in [5.74, 6) is -1.02. The second-order valence-electron chi connectivity index (χ2n) is 5.04. The molecule has 0 unspecified atom stereocenters. The zero-order valence-corrected chi connectivity index (χ0v) is 16.1. The van der Waals surface area contributed by atoms with Gasteiger partial charge < -0.3 is 39.8 Å². The van der Waals surface area contributed by atoms with E-state index in [2.05, 4.69) is 0 Å². The molecule has 1 aromatic carbocycles. The van der Waals surface area contributed by atoms with Crippen LogP contribution in [0.15, 0.2) is 30.3 Å². The average molecular weight is 364 g/mol. The largest absolute Gasteiger partial charge is 1.00 e. The molecule has 0 aromatic heterocycles. The zero-order chi connectivity index (χ0) is 17.0. The van der Waals surface area contributed by atoms with Crippen molar-refractivity contribution in [1.29, 1.82) is 0 Å². The van der Waals surface area contributed by atoms with Crippen LogP contribution in [0.1, 0.15) is 5.56 Å². The molecule has 4 N–H and O–H groups in total. The molecular weight excluding hydrogens is 347 g/mol. The molecule has 1 fully saturated rings. The van der Waals surface area contributed by atoms with E-state index in [1.165, 1.54) is 18.2 Å². The fourth-order valence-corrected chi connectivity index (χ4v) is 2.12. The summed E-state index contributed by atoms with van der Waals surface area (Å²) >= 11 is 0. The van der Waals surface area contributed by atoms with Gasteiger partial charge in [0.2, 0.25) is 6.29 Å². The number of aliphatic carboxylic acids is 1. The number of hydrogen-bond acceptors (Lipinski definition) is 8. The summed E-state index contributed by atoms with van der Waals surface area (Å²) in [6.45, 7) is -0.544. The van der Waals surface area contributed by atoms with Crippen LogP contribution in [-0.4, -0.2) is 63.7 Å². The Balaban J connectivity index is 0.00000288. The quantitative estimate of drug-likeness (QED) is 0.300. The predicted molar refractivity (Wildman–Crippen MR) is 74.9 cm³/mol. The minimum Gasteiger partial charge on any atom is -0.545 e. The first-order chi connectivity index (χ1) is 10.9. The fraction of sp³-hybridized carbons (Fsp3) is 0.400. The maximum atomic E-state index is 10.3. The molecule has 5 atom stereocenters. The first kappa shape index (κ1) is 21.7. The summed E-state index contributed by atoms with van der Waals surface area (Å²) in [6.07, 6.45) is -4.56. The monoisotopic (exact) mass is 364 g/mol. The van der Waals surface area contributed by atoms with Crippen LogP contribution in [0, 0.1) is 0 Å². The van der Waals surface area contributed by atoms with Gasteiger partial charge >= 0.3 is 51.4 Å². The first-order valence-electron chi connectivity index (χ1n) is 6.88. The van der Waals surface area contributed by atoms with Crippen molar-refractivity contribution in [1.82, 2.24) is 0 Å².